The second-order valence-electron chi connectivity index (χ2n) is 4.18. The first-order valence-corrected chi connectivity index (χ1v) is 6.24. The number of halogens is 1. The van der Waals surface area contributed by atoms with E-state index in [0.717, 1.165) is 16.8 Å². The molecule has 20 heavy (non-hydrogen) atoms. The van der Waals surface area contributed by atoms with E-state index in [-0.39, 0.29) is 5.69 Å². The molecule has 0 atom stereocenters. The number of hydrogen-bond acceptors (Lipinski definition) is 4. The lowest BCUT2D eigenvalue weighted by molar-refractivity contribution is -0.384. The van der Waals surface area contributed by atoms with Crippen LogP contribution in [0.4, 0.5) is 11.4 Å². The van der Waals surface area contributed by atoms with Gasteiger partial charge in [0, 0.05) is 17.2 Å². The van der Waals surface area contributed by atoms with Gasteiger partial charge in [-0.05, 0) is 42.3 Å². The van der Waals surface area contributed by atoms with Gasteiger partial charge in [0.2, 0.25) is 0 Å². The van der Waals surface area contributed by atoms with Gasteiger partial charge < -0.3 is 0 Å². The second kappa shape index (κ2) is 6.16. The van der Waals surface area contributed by atoms with Crippen LogP contribution < -0.4 is 5.43 Å². The number of nitro groups is 1. The monoisotopic (exact) mass is 289 g/mol. The minimum absolute atomic E-state index is 0.0559. The summed E-state index contributed by atoms with van der Waals surface area (Å²) < 4.78 is 0. The number of nitrogens with zero attached hydrogens (tertiary/aromatic N) is 2. The van der Waals surface area contributed by atoms with E-state index in [1.54, 1.807) is 24.4 Å². The maximum absolute atomic E-state index is 10.5. The average Bonchev–Trinajstić information content (AvgIpc) is 2.43. The number of hydrogen-bond donors (Lipinski definition) is 1. The van der Waals surface area contributed by atoms with Gasteiger partial charge in [0.15, 0.2) is 0 Å². The fourth-order valence-corrected chi connectivity index (χ4v) is 1.71. The maximum atomic E-state index is 10.5. The van der Waals surface area contributed by atoms with Crippen molar-refractivity contribution in [3.8, 4) is 0 Å². The second-order valence-corrected chi connectivity index (χ2v) is 4.59. The highest BCUT2D eigenvalue weighted by molar-refractivity contribution is 6.31. The molecule has 2 rings (SSSR count). The molecule has 0 fully saturated rings. The molecule has 2 aromatic carbocycles. The molecule has 0 bridgehead atoms. The molecule has 0 amide bonds. The Morgan fingerprint density at radius 2 is 1.95 bits per heavy atom. The van der Waals surface area contributed by atoms with Crippen molar-refractivity contribution >= 4 is 29.2 Å². The molecule has 5 nitrogen and oxygen atoms in total. The summed E-state index contributed by atoms with van der Waals surface area (Å²) in [6.07, 6.45) is 1.58. The number of aryl methyl sites for hydroxylation is 1. The van der Waals surface area contributed by atoms with Crippen LogP contribution in [0.5, 0.6) is 0 Å². The lowest BCUT2D eigenvalue weighted by Crippen LogP contribution is -1.92. The first-order chi connectivity index (χ1) is 9.56. The molecule has 2 aromatic rings. The lowest BCUT2D eigenvalue weighted by Gasteiger charge is -2.02. The van der Waals surface area contributed by atoms with Gasteiger partial charge >= 0.3 is 0 Å². The van der Waals surface area contributed by atoms with Crippen molar-refractivity contribution in [2.45, 2.75) is 6.92 Å². The van der Waals surface area contributed by atoms with Crippen LogP contribution in [0.2, 0.25) is 5.02 Å². The molecule has 0 saturated heterocycles. The summed E-state index contributed by atoms with van der Waals surface area (Å²) in [7, 11) is 0. The van der Waals surface area contributed by atoms with Gasteiger partial charge in [0.1, 0.15) is 0 Å². The van der Waals surface area contributed by atoms with Crippen molar-refractivity contribution in [3.05, 3.63) is 68.7 Å². The Morgan fingerprint density at radius 3 is 2.55 bits per heavy atom. The summed E-state index contributed by atoms with van der Waals surface area (Å²) in [4.78, 5) is 10.1. The Bertz CT molecular complexity index is 654. The molecule has 1 N–H and O–H groups in total. The summed E-state index contributed by atoms with van der Waals surface area (Å²) in [5, 5.41) is 15.2. The maximum Gasteiger partial charge on any atom is 0.269 e. The van der Waals surface area contributed by atoms with E-state index in [1.165, 1.54) is 12.1 Å². The van der Waals surface area contributed by atoms with Gasteiger partial charge in [-0.2, -0.15) is 5.10 Å². The van der Waals surface area contributed by atoms with Crippen LogP contribution >= 0.6 is 11.6 Å². The van der Waals surface area contributed by atoms with Crippen LogP contribution in [-0.4, -0.2) is 11.1 Å². The molecule has 0 saturated carbocycles. The zero-order chi connectivity index (χ0) is 14.5. The standard InChI is InChI=1S/C14H12ClN3O2/c1-10-2-5-12(8-14(10)15)17-16-9-11-3-6-13(7-4-11)18(19)20/h2-9,17H,1H3. The minimum atomic E-state index is -0.437. The Labute approximate surface area is 121 Å². The van der Waals surface area contributed by atoms with Crippen molar-refractivity contribution in [3.63, 3.8) is 0 Å². The van der Waals surface area contributed by atoms with E-state index in [2.05, 4.69) is 10.5 Å². The fraction of sp³-hybridized carbons (Fsp3) is 0.0714. The molecule has 0 heterocycles. The molecule has 0 unspecified atom stereocenters. The first-order valence-electron chi connectivity index (χ1n) is 5.86. The van der Waals surface area contributed by atoms with Gasteiger partial charge in [-0.25, -0.2) is 0 Å². The number of benzene rings is 2. The van der Waals surface area contributed by atoms with E-state index < -0.39 is 4.92 Å². The van der Waals surface area contributed by atoms with E-state index in [4.69, 9.17) is 11.6 Å². The highest BCUT2D eigenvalue weighted by Crippen LogP contribution is 2.19. The number of non-ortho nitro benzene ring substituents is 1. The summed E-state index contributed by atoms with van der Waals surface area (Å²) in [5.41, 5.74) is 5.44. The average molecular weight is 290 g/mol. The number of rotatable bonds is 4. The van der Waals surface area contributed by atoms with E-state index in [1.807, 2.05) is 19.1 Å². The number of nitro benzene ring substituents is 1. The topological polar surface area (TPSA) is 67.5 Å². The van der Waals surface area contributed by atoms with E-state index in [0.29, 0.717) is 5.02 Å². The molecule has 0 aliphatic heterocycles. The summed E-state index contributed by atoms with van der Waals surface area (Å²) >= 11 is 6.00. The van der Waals surface area contributed by atoms with Gasteiger partial charge in [-0.1, -0.05) is 17.7 Å². The van der Waals surface area contributed by atoms with Crippen molar-refractivity contribution in [1.29, 1.82) is 0 Å². The fourth-order valence-electron chi connectivity index (χ4n) is 1.53. The molecule has 6 heteroatoms. The Balaban J connectivity index is 2.02. The SMILES string of the molecule is Cc1ccc(NN=Cc2ccc([N+](=O)[O-])cc2)cc1Cl. The predicted octanol–water partition coefficient (Wildman–Crippen LogP) is 4.00. The van der Waals surface area contributed by atoms with Crippen LogP contribution in [0.15, 0.2) is 47.6 Å². The Hall–Kier alpha value is -2.40. The summed E-state index contributed by atoms with van der Waals surface area (Å²) in [6.45, 7) is 1.92. The lowest BCUT2D eigenvalue weighted by atomic mass is 10.2. The molecular formula is C14H12ClN3O2. The van der Waals surface area contributed by atoms with Crippen molar-refractivity contribution in [2.24, 2.45) is 5.10 Å². The van der Waals surface area contributed by atoms with Crippen molar-refractivity contribution in [2.75, 3.05) is 5.43 Å². The van der Waals surface area contributed by atoms with E-state index >= 15 is 0 Å². The van der Waals surface area contributed by atoms with Crippen LogP contribution in [0.25, 0.3) is 0 Å². The van der Waals surface area contributed by atoms with Crippen LogP contribution in [0.3, 0.4) is 0 Å². The van der Waals surface area contributed by atoms with Crippen molar-refractivity contribution in [1.82, 2.24) is 0 Å². The zero-order valence-electron chi connectivity index (χ0n) is 10.7. The number of hydrazone groups is 1. The third kappa shape index (κ3) is 3.55. The predicted molar refractivity (Wildman–Crippen MR) is 80.5 cm³/mol. The third-order valence-corrected chi connectivity index (χ3v) is 3.09. The molecule has 0 aliphatic carbocycles. The quantitative estimate of drug-likeness (QED) is 0.525. The molecule has 0 spiro atoms. The first kappa shape index (κ1) is 14.0. The van der Waals surface area contributed by atoms with Crippen LogP contribution in [-0.2, 0) is 0 Å². The highest BCUT2D eigenvalue weighted by Gasteiger charge is 2.02. The number of anilines is 1. The molecular weight excluding hydrogens is 278 g/mol. The highest BCUT2D eigenvalue weighted by atomic mass is 35.5. The Morgan fingerprint density at radius 1 is 1.25 bits per heavy atom. The molecule has 0 aliphatic rings. The van der Waals surface area contributed by atoms with Gasteiger partial charge in [-0.15, -0.1) is 0 Å². The van der Waals surface area contributed by atoms with Gasteiger partial charge in [0.25, 0.3) is 5.69 Å². The van der Waals surface area contributed by atoms with E-state index in [9.17, 15) is 10.1 Å². The summed E-state index contributed by atoms with van der Waals surface area (Å²) in [5.74, 6) is 0. The molecule has 0 aromatic heterocycles. The smallest absolute Gasteiger partial charge is 0.269 e. The molecule has 102 valence electrons. The third-order valence-electron chi connectivity index (χ3n) is 2.68. The van der Waals surface area contributed by atoms with Crippen LogP contribution in [0.1, 0.15) is 11.1 Å². The Kier molecular flexibility index (Phi) is 4.32. The largest absolute Gasteiger partial charge is 0.278 e. The summed E-state index contributed by atoms with van der Waals surface area (Å²) in [6, 6.07) is 11.7. The van der Waals surface area contributed by atoms with Gasteiger partial charge in [-0.3, -0.25) is 15.5 Å². The normalized spacial score (nSPS) is 10.7. The minimum Gasteiger partial charge on any atom is -0.278 e. The molecule has 0 radical (unpaired) electrons. The van der Waals surface area contributed by atoms with Crippen LogP contribution in [0, 0.1) is 17.0 Å². The zero-order valence-corrected chi connectivity index (χ0v) is 11.5. The van der Waals surface area contributed by atoms with Gasteiger partial charge in [0.05, 0.1) is 16.8 Å². The number of nitrogens with one attached hydrogen (secondary N) is 1. The van der Waals surface area contributed by atoms with Crippen molar-refractivity contribution < 1.29 is 4.92 Å².